The number of amides is 1. The third-order valence-electron chi connectivity index (χ3n) is 4.41. The van der Waals surface area contributed by atoms with Gasteiger partial charge >= 0.3 is 0 Å². The van der Waals surface area contributed by atoms with Crippen LogP contribution in [-0.2, 0) is 18.4 Å². The van der Waals surface area contributed by atoms with E-state index in [4.69, 9.17) is 0 Å². The van der Waals surface area contributed by atoms with Crippen LogP contribution in [0.1, 0.15) is 21.9 Å². The van der Waals surface area contributed by atoms with Crippen molar-refractivity contribution in [2.75, 3.05) is 20.1 Å². The van der Waals surface area contributed by atoms with E-state index in [1.807, 2.05) is 31.4 Å². The van der Waals surface area contributed by atoms with Crippen molar-refractivity contribution >= 4 is 17.2 Å². The molecule has 5 nitrogen and oxygen atoms in total. The predicted octanol–water partition coefficient (Wildman–Crippen LogP) is 1.75. The van der Waals surface area contributed by atoms with Crippen LogP contribution in [0, 0.1) is 12.8 Å². The number of carbonyl (C=O) groups excluding carboxylic acids is 1. The lowest BCUT2D eigenvalue weighted by atomic mass is 9.90. The van der Waals surface area contributed by atoms with Gasteiger partial charge in [-0.1, -0.05) is 0 Å². The Labute approximate surface area is 134 Å². The highest BCUT2D eigenvalue weighted by Gasteiger charge is 2.36. The van der Waals surface area contributed by atoms with Crippen LogP contribution < -0.4 is 5.32 Å². The number of hydrogen-bond donors (Lipinski definition) is 1. The number of nitrogens with one attached hydrogen (secondary N) is 1. The lowest BCUT2D eigenvalue weighted by Gasteiger charge is -2.24. The molecule has 1 fully saturated rings. The highest BCUT2D eigenvalue weighted by atomic mass is 32.1. The molecule has 22 heavy (non-hydrogen) atoms. The minimum absolute atomic E-state index is 0.00512. The van der Waals surface area contributed by atoms with Crippen molar-refractivity contribution in [2.45, 2.75) is 19.4 Å². The molecule has 6 heteroatoms. The zero-order valence-corrected chi connectivity index (χ0v) is 14.1. The van der Waals surface area contributed by atoms with E-state index in [2.05, 4.69) is 28.8 Å². The first-order valence-electron chi connectivity index (χ1n) is 7.53. The summed E-state index contributed by atoms with van der Waals surface area (Å²) < 4.78 is 1.80. The fraction of sp³-hybridized carbons (Fsp3) is 0.500. The van der Waals surface area contributed by atoms with Crippen molar-refractivity contribution in [1.29, 1.82) is 0 Å². The van der Waals surface area contributed by atoms with Crippen LogP contribution in [0.15, 0.2) is 23.8 Å². The minimum atomic E-state index is -0.00512. The van der Waals surface area contributed by atoms with Crippen LogP contribution in [0.2, 0.25) is 0 Å². The topological polar surface area (TPSA) is 50.2 Å². The zero-order valence-electron chi connectivity index (χ0n) is 13.2. The average Bonchev–Trinajstić information content (AvgIpc) is 3.20. The van der Waals surface area contributed by atoms with Crippen LogP contribution in [0.3, 0.4) is 0 Å². The van der Waals surface area contributed by atoms with Gasteiger partial charge in [-0.25, -0.2) is 0 Å². The molecule has 3 rings (SSSR count). The van der Waals surface area contributed by atoms with Crippen molar-refractivity contribution in [3.63, 3.8) is 0 Å². The molecule has 0 aromatic carbocycles. The van der Waals surface area contributed by atoms with Gasteiger partial charge in [-0.05, 0) is 29.5 Å². The molecule has 2 aromatic heterocycles. The second-order valence-corrected chi connectivity index (χ2v) is 7.04. The maximum Gasteiger partial charge on any atom is 0.227 e. The first-order valence-corrected chi connectivity index (χ1v) is 8.41. The van der Waals surface area contributed by atoms with Crippen LogP contribution in [-0.4, -0.2) is 40.7 Å². The van der Waals surface area contributed by atoms with Gasteiger partial charge in [0.25, 0.3) is 0 Å². The molecule has 0 spiro atoms. The molecular formula is C16H22N4OS. The summed E-state index contributed by atoms with van der Waals surface area (Å²) in [5, 5.41) is 9.67. The third kappa shape index (κ3) is 2.94. The maximum absolute atomic E-state index is 12.8. The lowest BCUT2D eigenvalue weighted by Crippen LogP contribution is -2.35. The SMILES string of the molecule is Cc1ccsc1CN(C)C(=O)[C@H]1CNC[C@@H]1c1cnn(C)c1. The van der Waals surface area contributed by atoms with Gasteiger partial charge < -0.3 is 10.2 Å². The zero-order chi connectivity index (χ0) is 15.7. The largest absolute Gasteiger partial charge is 0.340 e. The van der Waals surface area contributed by atoms with E-state index < -0.39 is 0 Å². The molecular weight excluding hydrogens is 296 g/mol. The number of rotatable bonds is 4. The van der Waals surface area contributed by atoms with Crippen molar-refractivity contribution in [3.05, 3.63) is 39.8 Å². The summed E-state index contributed by atoms with van der Waals surface area (Å²) in [7, 11) is 3.81. The quantitative estimate of drug-likeness (QED) is 0.934. The molecule has 0 aliphatic carbocycles. The summed E-state index contributed by atoms with van der Waals surface area (Å²) in [5.41, 5.74) is 2.41. The van der Waals surface area contributed by atoms with Crippen LogP contribution >= 0.6 is 11.3 Å². The first-order chi connectivity index (χ1) is 10.6. The maximum atomic E-state index is 12.8. The molecule has 1 saturated heterocycles. The van der Waals surface area contributed by atoms with Crippen LogP contribution in [0.25, 0.3) is 0 Å². The Kier molecular flexibility index (Phi) is 4.31. The van der Waals surface area contributed by atoms with Gasteiger partial charge in [-0.15, -0.1) is 11.3 Å². The molecule has 0 unspecified atom stereocenters. The molecule has 118 valence electrons. The predicted molar refractivity (Wildman–Crippen MR) is 87.8 cm³/mol. The number of aryl methyl sites for hydroxylation is 2. The average molecular weight is 318 g/mol. The Morgan fingerprint density at radius 3 is 3.00 bits per heavy atom. The molecule has 0 bridgehead atoms. The number of carbonyl (C=O) groups is 1. The summed E-state index contributed by atoms with van der Waals surface area (Å²) >= 11 is 1.72. The Morgan fingerprint density at radius 1 is 1.55 bits per heavy atom. The highest BCUT2D eigenvalue weighted by Crippen LogP contribution is 2.29. The van der Waals surface area contributed by atoms with Gasteiger partial charge in [0.15, 0.2) is 0 Å². The number of aromatic nitrogens is 2. The van der Waals surface area contributed by atoms with Gasteiger partial charge in [0.2, 0.25) is 5.91 Å². The van der Waals surface area contributed by atoms with Gasteiger partial charge in [0.05, 0.1) is 18.7 Å². The van der Waals surface area contributed by atoms with Crippen LogP contribution in [0.5, 0.6) is 0 Å². The normalized spacial score (nSPS) is 21.2. The highest BCUT2D eigenvalue weighted by molar-refractivity contribution is 7.10. The van der Waals surface area contributed by atoms with Gasteiger partial charge in [0.1, 0.15) is 0 Å². The summed E-state index contributed by atoms with van der Waals surface area (Å²) in [6.45, 7) is 4.37. The van der Waals surface area contributed by atoms with Crippen molar-refractivity contribution < 1.29 is 4.79 Å². The number of nitrogens with zero attached hydrogens (tertiary/aromatic N) is 3. The minimum Gasteiger partial charge on any atom is -0.340 e. The lowest BCUT2D eigenvalue weighted by molar-refractivity contribution is -0.134. The second kappa shape index (κ2) is 6.22. The Balaban J connectivity index is 1.71. The Bertz CT molecular complexity index is 663. The van der Waals surface area contributed by atoms with Crippen molar-refractivity contribution in [2.24, 2.45) is 13.0 Å². The van der Waals surface area contributed by atoms with E-state index in [1.54, 1.807) is 16.0 Å². The smallest absolute Gasteiger partial charge is 0.227 e. The first kappa shape index (κ1) is 15.2. The van der Waals surface area contributed by atoms with Gasteiger partial charge in [-0.3, -0.25) is 9.48 Å². The molecule has 1 amide bonds. The van der Waals surface area contributed by atoms with E-state index >= 15 is 0 Å². The molecule has 2 aromatic rings. The fourth-order valence-electron chi connectivity index (χ4n) is 3.06. The van der Waals surface area contributed by atoms with E-state index in [0.29, 0.717) is 6.54 Å². The summed E-state index contributed by atoms with van der Waals surface area (Å²) in [6.07, 6.45) is 3.89. The van der Waals surface area contributed by atoms with Crippen molar-refractivity contribution in [3.8, 4) is 0 Å². The fourth-order valence-corrected chi connectivity index (χ4v) is 4.02. The Morgan fingerprint density at radius 2 is 2.36 bits per heavy atom. The van der Waals surface area contributed by atoms with Gasteiger partial charge in [0, 0.05) is 44.2 Å². The van der Waals surface area contributed by atoms with E-state index in [0.717, 1.165) is 18.7 Å². The van der Waals surface area contributed by atoms with Crippen LogP contribution in [0.4, 0.5) is 0 Å². The molecule has 1 aliphatic rings. The molecule has 3 heterocycles. The molecule has 0 saturated carbocycles. The molecule has 2 atom stereocenters. The van der Waals surface area contributed by atoms with E-state index in [-0.39, 0.29) is 17.7 Å². The van der Waals surface area contributed by atoms with Crippen molar-refractivity contribution in [1.82, 2.24) is 20.0 Å². The third-order valence-corrected chi connectivity index (χ3v) is 5.42. The summed E-state index contributed by atoms with van der Waals surface area (Å²) in [5.74, 6) is 0.425. The standard InChI is InChI=1S/C16H22N4OS/c1-11-4-5-22-15(11)10-19(2)16(21)14-8-17-7-13(14)12-6-18-20(3)9-12/h4-6,9,13-14,17H,7-8,10H2,1-3H3/t13-,14+/m1/s1. The van der Waals surface area contributed by atoms with E-state index in [9.17, 15) is 4.79 Å². The Hall–Kier alpha value is -1.66. The number of thiophene rings is 1. The molecule has 1 N–H and O–H groups in total. The monoisotopic (exact) mass is 318 g/mol. The second-order valence-electron chi connectivity index (χ2n) is 6.04. The summed E-state index contributed by atoms with van der Waals surface area (Å²) in [4.78, 5) is 16.0. The number of hydrogen-bond acceptors (Lipinski definition) is 4. The van der Waals surface area contributed by atoms with E-state index in [1.165, 1.54) is 10.4 Å². The summed E-state index contributed by atoms with van der Waals surface area (Å²) in [6, 6.07) is 2.11. The molecule has 0 radical (unpaired) electrons. The molecule has 1 aliphatic heterocycles. The van der Waals surface area contributed by atoms with Gasteiger partial charge in [-0.2, -0.15) is 5.10 Å².